The summed E-state index contributed by atoms with van der Waals surface area (Å²) in [5.74, 6) is -1.84. The van der Waals surface area contributed by atoms with E-state index < -0.39 is 25.2 Å². The standard InChI is InChI=1S/C10H17O5P/c1-7(2)9(11)14-6-8(3)10(12)15-16(4,5)13/h8H,1,6H2,2-5H3. The van der Waals surface area contributed by atoms with Crippen molar-refractivity contribution in [1.82, 2.24) is 0 Å². The fourth-order valence-corrected chi connectivity index (χ4v) is 1.31. The van der Waals surface area contributed by atoms with Gasteiger partial charge in [0.05, 0.1) is 5.92 Å². The fourth-order valence-electron chi connectivity index (χ4n) is 0.699. The van der Waals surface area contributed by atoms with E-state index in [1.165, 1.54) is 27.2 Å². The van der Waals surface area contributed by atoms with Crippen LogP contribution in [0.1, 0.15) is 13.8 Å². The van der Waals surface area contributed by atoms with Gasteiger partial charge in [0.1, 0.15) is 6.61 Å². The number of carbonyl (C=O) groups excluding carboxylic acids is 2. The predicted octanol–water partition coefficient (Wildman–Crippen LogP) is 1.82. The molecular formula is C10H17O5P. The van der Waals surface area contributed by atoms with E-state index in [0.717, 1.165) is 0 Å². The molecule has 0 radical (unpaired) electrons. The summed E-state index contributed by atoms with van der Waals surface area (Å²) in [6, 6.07) is 0. The van der Waals surface area contributed by atoms with E-state index in [9.17, 15) is 14.2 Å². The molecule has 0 N–H and O–H groups in total. The minimum Gasteiger partial charge on any atom is -0.461 e. The monoisotopic (exact) mass is 248 g/mol. The molecule has 0 aromatic rings. The normalized spacial score (nSPS) is 12.8. The molecule has 92 valence electrons. The summed E-state index contributed by atoms with van der Waals surface area (Å²) >= 11 is 0. The maximum Gasteiger partial charge on any atom is 0.333 e. The summed E-state index contributed by atoms with van der Waals surface area (Å²) in [6.45, 7) is 9.03. The molecule has 0 spiro atoms. The zero-order valence-electron chi connectivity index (χ0n) is 9.98. The third kappa shape index (κ3) is 6.40. The molecule has 0 rings (SSSR count). The topological polar surface area (TPSA) is 69.7 Å². The maximum absolute atomic E-state index is 11.3. The highest BCUT2D eigenvalue weighted by molar-refractivity contribution is 7.57. The summed E-state index contributed by atoms with van der Waals surface area (Å²) < 4.78 is 20.7. The quantitative estimate of drug-likeness (QED) is 0.421. The lowest BCUT2D eigenvalue weighted by molar-refractivity contribution is -0.146. The van der Waals surface area contributed by atoms with Gasteiger partial charge in [0.25, 0.3) is 0 Å². The predicted molar refractivity (Wildman–Crippen MR) is 60.5 cm³/mol. The van der Waals surface area contributed by atoms with Crippen molar-refractivity contribution in [1.29, 1.82) is 0 Å². The molecule has 0 aliphatic heterocycles. The van der Waals surface area contributed by atoms with Gasteiger partial charge in [-0.15, -0.1) is 0 Å². The molecule has 1 unspecified atom stereocenters. The molecule has 0 amide bonds. The van der Waals surface area contributed by atoms with Crippen molar-refractivity contribution in [3.63, 3.8) is 0 Å². The Morgan fingerprint density at radius 1 is 1.38 bits per heavy atom. The van der Waals surface area contributed by atoms with Crippen molar-refractivity contribution in [2.45, 2.75) is 13.8 Å². The lowest BCUT2D eigenvalue weighted by Gasteiger charge is -2.14. The Labute approximate surface area is 95.3 Å². The average Bonchev–Trinajstić information content (AvgIpc) is 2.10. The zero-order chi connectivity index (χ0) is 12.9. The summed E-state index contributed by atoms with van der Waals surface area (Å²) in [4.78, 5) is 22.4. The largest absolute Gasteiger partial charge is 0.461 e. The van der Waals surface area contributed by atoms with Crippen LogP contribution in [0.15, 0.2) is 12.2 Å². The van der Waals surface area contributed by atoms with Crippen molar-refractivity contribution in [2.75, 3.05) is 19.9 Å². The van der Waals surface area contributed by atoms with E-state index in [4.69, 9.17) is 9.26 Å². The molecule has 0 fully saturated rings. The Morgan fingerprint density at radius 3 is 2.25 bits per heavy atom. The molecule has 0 aliphatic carbocycles. The Kier molecular flexibility index (Phi) is 5.45. The van der Waals surface area contributed by atoms with Gasteiger partial charge in [-0.3, -0.25) is 9.36 Å². The van der Waals surface area contributed by atoms with Crippen LogP contribution in [-0.4, -0.2) is 31.9 Å². The van der Waals surface area contributed by atoms with Crippen LogP contribution in [0.5, 0.6) is 0 Å². The molecule has 0 bridgehead atoms. The smallest absolute Gasteiger partial charge is 0.333 e. The molecule has 1 atom stereocenters. The molecule has 0 aliphatic rings. The first kappa shape index (κ1) is 14.9. The highest BCUT2D eigenvalue weighted by Gasteiger charge is 2.21. The number of carbonyl (C=O) groups is 2. The van der Waals surface area contributed by atoms with Gasteiger partial charge in [-0.05, 0) is 13.8 Å². The van der Waals surface area contributed by atoms with Gasteiger partial charge in [0, 0.05) is 18.9 Å². The summed E-state index contributed by atoms with van der Waals surface area (Å²) in [5.41, 5.74) is 0.261. The van der Waals surface area contributed by atoms with Crippen molar-refractivity contribution in [3.8, 4) is 0 Å². The van der Waals surface area contributed by atoms with Gasteiger partial charge >= 0.3 is 11.9 Å². The van der Waals surface area contributed by atoms with Crippen LogP contribution in [0.4, 0.5) is 0 Å². The van der Waals surface area contributed by atoms with E-state index in [1.54, 1.807) is 0 Å². The fraction of sp³-hybridized carbons (Fsp3) is 0.600. The molecule has 6 heteroatoms. The van der Waals surface area contributed by atoms with Crippen LogP contribution in [0.2, 0.25) is 0 Å². The first-order valence-corrected chi connectivity index (χ1v) is 7.26. The molecule has 0 saturated carbocycles. The molecule has 16 heavy (non-hydrogen) atoms. The lowest BCUT2D eigenvalue weighted by Crippen LogP contribution is -2.21. The number of hydrogen-bond acceptors (Lipinski definition) is 5. The van der Waals surface area contributed by atoms with Crippen LogP contribution in [0.25, 0.3) is 0 Å². The maximum atomic E-state index is 11.3. The van der Waals surface area contributed by atoms with Crippen LogP contribution in [0, 0.1) is 5.92 Å². The number of rotatable bonds is 5. The zero-order valence-corrected chi connectivity index (χ0v) is 10.9. The average molecular weight is 248 g/mol. The van der Waals surface area contributed by atoms with Gasteiger partial charge in [-0.25, -0.2) is 4.79 Å². The second kappa shape index (κ2) is 5.85. The van der Waals surface area contributed by atoms with Crippen LogP contribution < -0.4 is 0 Å². The van der Waals surface area contributed by atoms with Gasteiger partial charge in [0.15, 0.2) is 0 Å². The van der Waals surface area contributed by atoms with E-state index in [-0.39, 0.29) is 12.2 Å². The Bertz CT molecular complexity index is 341. The molecule has 0 aromatic heterocycles. The lowest BCUT2D eigenvalue weighted by atomic mass is 10.2. The van der Waals surface area contributed by atoms with E-state index in [0.29, 0.717) is 0 Å². The Hall–Kier alpha value is -1.09. The van der Waals surface area contributed by atoms with E-state index in [2.05, 4.69) is 6.58 Å². The van der Waals surface area contributed by atoms with Crippen LogP contribution >= 0.6 is 7.37 Å². The number of esters is 1. The molecule has 0 aromatic carbocycles. The minimum absolute atomic E-state index is 0.107. The minimum atomic E-state index is -2.85. The molecule has 0 saturated heterocycles. The van der Waals surface area contributed by atoms with E-state index >= 15 is 0 Å². The van der Waals surface area contributed by atoms with Crippen molar-refractivity contribution < 1.29 is 23.4 Å². The number of ether oxygens (including phenoxy) is 1. The van der Waals surface area contributed by atoms with Crippen molar-refractivity contribution in [3.05, 3.63) is 12.2 Å². The highest BCUT2D eigenvalue weighted by Crippen LogP contribution is 2.38. The molecular weight excluding hydrogens is 231 g/mol. The van der Waals surface area contributed by atoms with Gasteiger partial charge in [-0.1, -0.05) is 6.58 Å². The first-order chi connectivity index (χ1) is 7.13. The van der Waals surface area contributed by atoms with Gasteiger partial charge in [0.2, 0.25) is 7.37 Å². The summed E-state index contributed by atoms with van der Waals surface area (Å²) in [5, 5.41) is 0. The Morgan fingerprint density at radius 2 is 1.88 bits per heavy atom. The van der Waals surface area contributed by atoms with Crippen LogP contribution in [0.3, 0.4) is 0 Å². The number of hydrogen-bond donors (Lipinski definition) is 0. The summed E-state index contributed by atoms with van der Waals surface area (Å²) in [7, 11) is -2.85. The second-order valence-electron chi connectivity index (χ2n) is 3.94. The first-order valence-electron chi connectivity index (χ1n) is 4.74. The Balaban J connectivity index is 4.12. The third-order valence-corrected chi connectivity index (χ3v) is 2.14. The van der Waals surface area contributed by atoms with Gasteiger partial charge < -0.3 is 9.26 Å². The summed E-state index contributed by atoms with van der Waals surface area (Å²) in [6.07, 6.45) is 0. The third-order valence-electron chi connectivity index (χ3n) is 1.53. The highest BCUT2D eigenvalue weighted by atomic mass is 31.2. The second-order valence-corrected chi connectivity index (χ2v) is 6.63. The van der Waals surface area contributed by atoms with Crippen LogP contribution in [-0.2, 0) is 23.4 Å². The SMILES string of the molecule is C=C(C)C(=O)OCC(C)C(=O)OP(C)(C)=O. The van der Waals surface area contributed by atoms with E-state index in [1.807, 2.05) is 0 Å². The van der Waals surface area contributed by atoms with Crippen molar-refractivity contribution in [2.24, 2.45) is 5.92 Å². The van der Waals surface area contributed by atoms with Gasteiger partial charge in [-0.2, -0.15) is 0 Å². The molecule has 0 heterocycles. The van der Waals surface area contributed by atoms with Crippen molar-refractivity contribution >= 4 is 19.3 Å². The molecule has 5 nitrogen and oxygen atoms in total.